The fourth-order valence-corrected chi connectivity index (χ4v) is 2.36. The molecule has 0 saturated heterocycles. The second-order valence-corrected chi connectivity index (χ2v) is 5.14. The summed E-state index contributed by atoms with van der Waals surface area (Å²) in [4.78, 5) is 11.6. The summed E-state index contributed by atoms with van der Waals surface area (Å²) in [5.41, 5.74) is 0. The van der Waals surface area contributed by atoms with E-state index in [1.165, 1.54) is 6.42 Å². The standard InChI is InChI=1S/C13H26N2O/c1-4-14-8-7-13(16)15-12-6-5-10(2)11(3)9-12/h10-12,14H,4-9H2,1-3H3,(H,15,16). The van der Waals surface area contributed by atoms with Gasteiger partial charge in [-0.2, -0.15) is 0 Å². The smallest absolute Gasteiger partial charge is 0.221 e. The normalized spacial score (nSPS) is 30.1. The van der Waals surface area contributed by atoms with Crippen molar-refractivity contribution in [1.82, 2.24) is 10.6 Å². The fourth-order valence-electron chi connectivity index (χ4n) is 2.36. The lowest BCUT2D eigenvalue weighted by Gasteiger charge is -2.32. The van der Waals surface area contributed by atoms with E-state index in [4.69, 9.17) is 0 Å². The number of carbonyl (C=O) groups is 1. The van der Waals surface area contributed by atoms with Crippen LogP contribution in [0.4, 0.5) is 0 Å². The van der Waals surface area contributed by atoms with Gasteiger partial charge in [-0.15, -0.1) is 0 Å². The fraction of sp³-hybridized carbons (Fsp3) is 0.923. The van der Waals surface area contributed by atoms with Crippen LogP contribution in [-0.2, 0) is 4.79 Å². The van der Waals surface area contributed by atoms with Crippen LogP contribution in [0.3, 0.4) is 0 Å². The summed E-state index contributed by atoms with van der Waals surface area (Å²) in [6.45, 7) is 8.39. The molecule has 1 amide bonds. The first-order valence-electron chi connectivity index (χ1n) is 6.63. The number of hydrogen-bond donors (Lipinski definition) is 2. The molecule has 1 aliphatic carbocycles. The van der Waals surface area contributed by atoms with Crippen molar-refractivity contribution in [3.05, 3.63) is 0 Å². The Bertz CT molecular complexity index is 218. The van der Waals surface area contributed by atoms with Gasteiger partial charge in [0.05, 0.1) is 0 Å². The second kappa shape index (κ2) is 6.89. The molecule has 3 heteroatoms. The van der Waals surface area contributed by atoms with Crippen molar-refractivity contribution in [2.45, 2.75) is 52.5 Å². The number of rotatable bonds is 5. The maximum Gasteiger partial charge on any atom is 0.221 e. The lowest BCUT2D eigenvalue weighted by atomic mass is 9.79. The number of nitrogens with one attached hydrogen (secondary N) is 2. The van der Waals surface area contributed by atoms with E-state index in [-0.39, 0.29) is 5.91 Å². The van der Waals surface area contributed by atoms with Crippen LogP contribution in [0.1, 0.15) is 46.5 Å². The van der Waals surface area contributed by atoms with Crippen LogP contribution in [0.5, 0.6) is 0 Å². The van der Waals surface area contributed by atoms with Crippen LogP contribution < -0.4 is 10.6 Å². The number of hydrogen-bond acceptors (Lipinski definition) is 2. The highest BCUT2D eigenvalue weighted by atomic mass is 16.1. The molecule has 94 valence electrons. The minimum atomic E-state index is 0.202. The largest absolute Gasteiger partial charge is 0.353 e. The number of carbonyl (C=O) groups excluding carboxylic acids is 1. The van der Waals surface area contributed by atoms with Crippen LogP contribution in [0.25, 0.3) is 0 Å². The van der Waals surface area contributed by atoms with Crippen LogP contribution in [-0.4, -0.2) is 25.0 Å². The van der Waals surface area contributed by atoms with E-state index in [1.54, 1.807) is 0 Å². The Morgan fingerprint density at radius 2 is 2.00 bits per heavy atom. The van der Waals surface area contributed by atoms with Gasteiger partial charge < -0.3 is 10.6 Å². The van der Waals surface area contributed by atoms with Crippen molar-refractivity contribution in [3.8, 4) is 0 Å². The highest BCUT2D eigenvalue weighted by Gasteiger charge is 2.25. The molecular formula is C13H26N2O. The van der Waals surface area contributed by atoms with Gasteiger partial charge in [-0.1, -0.05) is 20.8 Å². The highest BCUT2D eigenvalue weighted by molar-refractivity contribution is 5.76. The molecule has 1 aliphatic rings. The van der Waals surface area contributed by atoms with Gasteiger partial charge in [-0.05, 0) is 37.6 Å². The molecule has 3 nitrogen and oxygen atoms in total. The van der Waals surface area contributed by atoms with E-state index in [2.05, 4.69) is 31.4 Å². The first kappa shape index (κ1) is 13.5. The van der Waals surface area contributed by atoms with Crippen molar-refractivity contribution in [1.29, 1.82) is 0 Å². The maximum atomic E-state index is 11.6. The molecule has 0 heterocycles. The van der Waals surface area contributed by atoms with E-state index in [0.717, 1.165) is 37.8 Å². The topological polar surface area (TPSA) is 41.1 Å². The van der Waals surface area contributed by atoms with Gasteiger partial charge in [-0.3, -0.25) is 4.79 Å². The van der Waals surface area contributed by atoms with E-state index < -0.39 is 0 Å². The van der Waals surface area contributed by atoms with Crippen LogP contribution in [0, 0.1) is 11.8 Å². The van der Waals surface area contributed by atoms with Gasteiger partial charge >= 0.3 is 0 Å². The Hall–Kier alpha value is -0.570. The molecule has 0 radical (unpaired) electrons. The summed E-state index contributed by atoms with van der Waals surface area (Å²) in [7, 11) is 0. The molecule has 2 N–H and O–H groups in total. The predicted molar refractivity (Wildman–Crippen MR) is 67.3 cm³/mol. The molecule has 0 aromatic carbocycles. The zero-order valence-corrected chi connectivity index (χ0v) is 10.9. The Kier molecular flexibility index (Phi) is 5.81. The molecule has 16 heavy (non-hydrogen) atoms. The maximum absolute atomic E-state index is 11.6. The average molecular weight is 226 g/mol. The SMILES string of the molecule is CCNCCC(=O)NC1CCC(C)C(C)C1. The molecule has 0 spiro atoms. The third kappa shape index (κ3) is 4.52. The number of amides is 1. The van der Waals surface area contributed by atoms with Gasteiger partial charge in [0.2, 0.25) is 5.91 Å². The van der Waals surface area contributed by atoms with Crippen molar-refractivity contribution in [2.24, 2.45) is 11.8 Å². The molecule has 3 atom stereocenters. The summed E-state index contributed by atoms with van der Waals surface area (Å²) >= 11 is 0. The van der Waals surface area contributed by atoms with E-state index in [0.29, 0.717) is 12.5 Å². The Morgan fingerprint density at radius 3 is 2.62 bits per heavy atom. The quantitative estimate of drug-likeness (QED) is 0.703. The Morgan fingerprint density at radius 1 is 1.25 bits per heavy atom. The summed E-state index contributed by atoms with van der Waals surface area (Å²) in [6.07, 6.45) is 4.15. The minimum Gasteiger partial charge on any atom is -0.353 e. The molecule has 0 aromatic heterocycles. The third-order valence-corrected chi connectivity index (χ3v) is 3.74. The first-order chi connectivity index (χ1) is 7.63. The molecule has 1 fully saturated rings. The van der Waals surface area contributed by atoms with Crippen molar-refractivity contribution in [2.75, 3.05) is 13.1 Å². The molecule has 1 rings (SSSR count). The van der Waals surface area contributed by atoms with Gasteiger partial charge in [0.15, 0.2) is 0 Å². The third-order valence-electron chi connectivity index (χ3n) is 3.74. The first-order valence-corrected chi connectivity index (χ1v) is 6.63. The molecule has 1 saturated carbocycles. The van der Waals surface area contributed by atoms with Crippen LogP contribution in [0.15, 0.2) is 0 Å². The molecule has 3 unspecified atom stereocenters. The van der Waals surface area contributed by atoms with Crippen molar-refractivity contribution in [3.63, 3.8) is 0 Å². The van der Waals surface area contributed by atoms with Gasteiger partial charge in [-0.25, -0.2) is 0 Å². The Labute approximate surface area is 99.4 Å². The predicted octanol–water partition coefficient (Wildman–Crippen LogP) is 1.93. The summed E-state index contributed by atoms with van der Waals surface area (Å²) in [6, 6.07) is 0.417. The highest BCUT2D eigenvalue weighted by Crippen LogP contribution is 2.29. The average Bonchev–Trinajstić information content (AvgIpc) is 2.24. The zero-order chi connectivity index (χ0) is 12.0. The lowest BCUT2D eigenvalue weighted by Crippen LogP contribution is -2.40. The van der Waals surface area contributed by atoms with E-state index in [9.17, 15) is 4.79 Å². The second-order valence-electron chi connectivity index (χ2n) is 5.14. The summed E-state index contributed by atoms with van der Waals surface area (Å²) < 4.78 is 0. The van der Waals surface area contributed by atoms with E-state index >= 15 is 0 Å². The molecular weight excluding hydrogens is 200 g/mol. The Balaban J connectivity index is 2.19. The van der Waals surface area contributed by atoms with Gasteiger partial charge in [0, 0.05) is 19.0 Å². The molecule has 0 bridgehead atoms. The van der Waals surface area contributed by atoms with Crippen molar-refractivity contribution < 1.29 is 4.79 Å². The van der Waals surface area contributed by atoms with Crippen LogP contribution in [0.2, 0.25) is 0 Å². The van der Waals surface area contributed by atoms with E-state index in [1.807, 2.05) is 0 Å². The molecule has 0 aliphatic heterocycles. The summed E-state index contributed by atoms with van der Waals surface area (Å²) in [5, 5.41) is 6.32. The monoisotopic (exact) mass is 226 g/mol. The minimum absolute atomic E-state index is 0.202. The van der Waals surface area contributed by atoms with Crippen molar-refractivity contribution >= 4 is 5.91 Å². The van der Waals surface area contributed by atoms with Gasteiger partial charge in [0.25, 0.3) is 0 Å². The van der Waals surface area contributed by atoms with Gasteiger partial charge in [0.1, 0.15) is 0 Å². The molecule has 0 aromatic rings. The van der Waals surface area contributed by atoms with Crippen LogP contribution >= 0.6 is 0 Å². The summed E-state index contributed by atoms with van der Waals surface area (Å²) in [5.74, 6) is 1.76. The lowest BCUT2D eigenvalue weighted by molar-refractivity contribution is -0.122. The zero-order valence-electron chi connectivity index (χ0n) is 10.9.